The van der Waals surface area contributed by atoms with Crippen LogP contribution in [-0.4, -0.2) is 5.75 Å². The molecule has 0 aliphatic carbocycles. The molecule has 0 fully saturated rings. The van der Waals surface area contributed by atoms with Crippen molar-refractivity contribution in [1.29, 1.82) is 0 Å². The second-order valence-electron chi connectivity index (χ2n) is 1.03. The molecule has 2 heteroatoms. The Hall–Kier alpha value is 1.99. The molecule has 0 aliphatic heterocycles. The van der Waals surface area contributed by atoms with Crippen molar-refractivity contribution in [1.82, 2.24) is 0 Å². The fourth-order valence-electron chi connectivity index (χ4n) is 0.236. The smallest absolute Gasteiger partial charge is 0.351 e. The van der Waals surface area contributed by atoms with Gasteiger partial charge in [0.15, 0.2) is 0 Å². The van der Waals surface area contributed by atoms with Crippen LogP contribution in [0.4, 0.5) is 0 Å². The first-order chi connectivity index (χ1) is 2.91. The molecule has 0 heterocycles. The molecule has 0 nitrogen and oxygen atoms in total. The van der Waals surface area contributed by atoms with Crippen LogP contribution in [0, 0.1) is 5.75 Å². The van der Waals surface area contributed by atoms with Crippen LogP contribution in [0.25, 0.3) is 0 Å². The second kappa shape index (κ2) is 10.9. The van der Waals surface area contributed by atoms with E-state index in [1.165, 1.54) is 12.2 Å². The third-order valence-corrected chi connectivity index (χ3v) is 1.35. The summed E-state index contributed by atoms with van der Waals surface area (Å²) in [5.74, 6) is 3.44. The van der Waals surface area contributed by atoms with Gasteiger partial charge in [0.25, 0.3) is 0 Å². The van der Waals surface area contributed by atoms with Crippen molar-refractivity contribution in [3.63, 3.8) is 0 Å². The van der Waals surface area contributed by atoms with Gasteiger partial charge in [0.1, 0.15) is 0 Å². The van der Waals surface area contributed by atoms with E-state index in [0.717, 1.165) is 0 Å². The Morgan fingerprint density at radius 3 is 2.14 bits per heavy atom. The van der Waals surface area contributed by atoms with Crippen LogP contribution in [0.15, 0.2) is 0 Å². The fourth-order valence-corrected chi connectivity index (χ4v) is 0.707. The summed E-state index contributed by atoms with van der Waals surface area (Å²) in [5, 5.41) is 0. The fraction of sp³-hybridized carbons (Fsp3) is 0.800. The topological polar surface area (TPSA) is 0 Å². The molecule has 0 aromatic carbocycles. The van der Waals surface area contributed by atoms with Gasteiger partial charge >= 0.3 is 51.4 Å². The van der Waals surface area contributed by atoms with E-state index in [0.29, 0.717) is 0 Å². The van der Waals surface area contributed by atoms with E-state index in [-0.39, 0.29) is 51.4 Å². The van der Waals surface area contributed by atoms with E-state index in [1.54, 1.807) is 0 Å². The van der Waals surface area contributed by atoms with E-state index in [9.17, 15) is 0 Å². The largest absolute Gasteiger partial charge is 1.00 e. The molecule has 0 N–H and O–H groups in total. The molecule has 0 aliphatic rings. The van der Waals surface area contributed by atoms with E-state index in [2.05, 4.69) is 19.6 Å². The molecule has 0 aromatic rings. The van der Waals surface area contributed by atoms with Crippen molar-refractivity contribution < 1.29 is 51.4 Å². The minimum Gasteiger partial charge on any atom is -0.351 e. The summed E-state index contributed by atoms with van der Waals surface area (Å²) in [7, 11) is 0. The van der Waals surface area contributed by atoms with Gasteiger partial charge in [-0.15, -0.1) is 0 Å². The summed E-state index contributed by atoms with van der Waals surface area (Å²) in [4.78, 5) is 0. The zero-order valence-electron chi connectivity index (χ0n) is 5.40. The zero-order valence-corrected chi connectivity index (χ0v) is 9.34. The molecule has 7 heavy (non-hydrogen) atoms. The van der Waals surface area contributed by atoms with E-state index < -0.39 is 0 Å². The predicted octanol–water partition coefficient (Wildman–Crippen LogP) is -0.685. The Labute approximate surface area is 93.2 Å². The number of thioether (sulfide) groups is 1. The van der Waals surface area contributed by atoms with Gasteiger partial charge in [0.2, 0.25) is 0 Å². The minimum absolute atomic E-state index is 0. The molecule has 0 atom stereocenters. The van der Waals surface area contributed by atoms with Crippen LogP contribution < -0.4 is 51.4 Å². The normalized spacial score (nSPS) is 7.71. The first kappa shape index (κ1) is 11.7. The molecule has 0 amide bonds. The van der Waals surface area contributed by atoms with Gasteiger partial charge < -0.3 is 11.8 Å². The third-order valence-electron chi connectivity index (χ3n) is 0.451. The monoisotopic (exact) mass is 142 g/mol. The SMILES string of the molecule is CC[CH-]SCC.[K+]. The van der Waals surface area contributed by atoms with Crippen molar-refractivity contribution in [2.24, 2.45) is 0 Å². The summed E-state index contributed by atoms with van der Waals surface area (Å²) in [6, 6.07) is 0. The van der Waals surface area contributed by atoms with Gasteiger partial charge in [-0.25, -0.2) is 0 Å². The van der Waals surface area contributed by atoms with Crippen molar-refractivity contribution in [3.8, 4) is 0 Å². The van der Waals surface area contributed by atoms with E-state index in [4.69, 9.17) is 0 Å². The van der Waals surface area contributed by atoms with E-state index >= 15 is 0 Å². The molecule has 0 aromatic heterocycles. The van der Waals surface area contributed by atoms with Gasteiger partial charge in [-0.3, -0.25) is 5.75 Å². The van der Waals surface area contributed by atoms with Crippen LogP contribution in [0.3, 0.4) is 0 Å². The maximum absolute atomic E-state index is 2.22. The van der Waals surface area contributed by atoms with Gasteiger partial charge in [0, 0.05) is 0 Å². The van der Waals surface area contributed by atoms with Crippen LogP contribution in [0.5, 0.6) is 0 Å². The average Bonchev–Trinajstić information content (AvgIpc) is 1.61. The number of hydrogen-bond acceptors (Lipinski definition) is 1. The van der Waals surface area contributed by atoms with Crippen LogP contribution >= 0.6 is 11.8 Å². The van der Waals surface area contributed by atoms with Gasteiger partial charge in [-0.05, 0) is 5.75 Å². The zero-order chi connectivity index (χ0) is 4.83. The Balaban J connectivity index is 0. The molecule has 0 spiro atoms. The number of hydrogen-bond donors (Lipinski definition) is 0. The maximum Gasteiger partial charge on any atom is 1.00 e. The van der Waals surface area contributed by atoms with Gasteiger partial charge in [-0.1, -0.05) is 13.8 Å². The van der Waals surface area contributed by atoms with Crippen molar-refractivity contribution in [2.75, 3.05) is 5.75 Å². The van der Waals surface area contributed by atoms with Crippen molar-refractivity contribution in [2.45, 2.75) is 20.3 Å². The quantitative estimate of drug-likeness (QED) is 0.286. The van der Waals surface area contributed by atoms with Crippen LogP contribution in [-0.2, 0) is 0 Å². The Bertz CT molecular complexity index is 20.0. The minimum atomic E-state index is 0. The Morgan fingerprint density at radius 1 is 1.43 bits per heavy atom. The van der Waals surface area contributed by atoms with Gasteiger partial charge in [-0.2, -0.15) is 6.42 Å². The Kier molecular flexibility index (Phi) is 18.2. The third kappa shape index (κ3) is 11.5. The molecular formula is C5H11KS. The van der Waals surface area contributed by atoms with E-state index in [1.807, 2.05) is 11.8 Å². The molecular weight excluding hydrogens is 131 g/mol. The first-order valence-electron chi connectivity index (χ1n) is 2.35. The first-order valence-corrected chi connectivity index (χ1v) is 3.40. The summed E-state index contributed by atoms with van der Waals surface area (Å²) < 4.78 is 0. The second-order valence-corrected chi connectivity index (χ2v) is 2.27. The van der Waals surface area contributed by atoms with Crippen LogP contribution in [0.2, 0.25) is 0 Å². The summed E-state index contributed by atoms with van der Waals surface area (Å²) in [6.07, 6.45) is 1.19. The summed E-state index contributed by atoms with van der Waals surface area (Å²) in [6.45, 7) is 4.32. The van der Waals surface area contributed by atoms with Crippen molar-refractivity contribution in [3.05, 3.63) is 5.75 Å². The molecule has 0 saturated heterocycles. The molecule has 0 rings (SSSR count). The predicted molar refractivity (Wildman–Crippen MR) is 32.7 cm³/mol. The summed E-state index contributed by atoms with van der Waals surface area (Å²) in [5.41, 5.74) is 0. The molecule has 0 radical (unpaired) electrons. The molecule has 38 valence electrons. The van der Waals surface area contributed by atoms with Crippen molar-refractivity contribution >= 4 is 11.8 Å². The molecule has 0 bridgehead atoms. The molecule has 0 unspecified atom stereocenters. The maximum atomic E-state index is 2.22. The molecule has 0 saturated carbocycles. The van der Waals surface area contributed by atoms with Crippen LogP contribution in [0.1, 0.15) is 20.3 Å². The summed E-state index contributed by atoms with van der Waals surface area (Å²) >= 11 is 1.88. The standard InChI is InChI=1S/C5H11S.K/c1-3-5-6-4-2;/h5H,3-4H2,1-2H3;/q-1;+1. The average molecular weight is 142 g/mol. The Morgan fingerprint density at radius 2 is 2.00 bits per heavy atom. The van der Waals surface area contributed by atoms with Gasteiger partial charge in [0.05, 0.1) is 0 Å². The number of rotatable bonds is 3.